The number of hydrogen-bond donors (Lipinski definition) is 0. The number of para-hydroxylation sites is 1. The second-order valence-electron chi connectivity index (χ2n) is 8.45. The Morgan fingerprint density at radius 1 is 1.13 bits per heavy atom. The van der Waals surface area contributed by atoms with Gasteiger partial charge in [0.15, 0.2) is 5.13 Å². The number of piperidine rings is 2. The van der Waals surface area contributed by atoms with E-state index in [0.29, 0.717) is 5.56 Å². The van der Waals surface area contributed by atoms with E-state index >= 15 is 0 Å². The minimum absolute atomic E-state index is 0.115. The van der Waals surface area contributed by atoms with Gasteiger partial charge in [0.05, 0.1) is 5.56 Å². The van der Waals surface area contributed by atoms with Gasteiger partial charge < -0.3 is 14.5 Å². The molecule has 0 bridgehead atoms. The Labute approximate surface area is 183 Å². The minimum atomic E-state index is 0.115. The van der Waals surface area contributed by atoms with Crippen LogP contribution in [0.5, 0.6) is 5.75 Å². The van der Waals surface area contributed by atoms with Crippen molar-refractivity contribution in [1.29, 1.82) is 0 Å². The molecule has 1 aromatic carbocycles. The van der Waals surface area contributed by atoms with Gasteiger partial charge in [0.1, 0.15) is 11.9 Å². The van der Waals surface area contributed by atoms with Crippen LogP contribution in [0.3, 0.4) is 0 Å². The fraction of sp³-hybridized carbons (Fsp3) is 0.565. The van der Waals surface area contributed by atoms with Gasteiger partial charge in [-0.05, 0) is 44.2 Å². The monoisotopic (exact) mass is 428 g/mol. The van der Waals surface area contributed by atoms with E-state index in [2.05, 4.69) is 14.8 Å². The molecule has 2 saturated heterocycles. The number of thiazole rings is 1. The first-order chi connectivity index (χ1) is 14.6. The third kappa shape index (κ3) is 5.13. The molecule has 0 spiro atoms. The Bertz CT molecular complexity index is 839. The smallest absolute Gasteiger partial charge is 0.257 e. The summed E-state index contributed by atoms with van der Waals surface area (Å²) < 4.78 is 6.34. The third-order valence-electron chi connectivity index (χ3n) is 5.89. The van der Waals surface area contributed by atoms with Crippen LogP contribution in [0.4, 0.5) is 5.13 Å². The average molecular weight is 429 g/mol. The Kier molecular flexibility index (Phi) is 6.89. The summed E-state index contributed by atoms with van der Waals surface area (Å²) in [7, 11) is 4.05. The maximum absolute atomic E-state index is 13.0. The molecule has 2 fully saturated rings. The highest BCUT2D eigenvalue weighted by Gasteiger charge is 2.25. The highest BCUT2D eigenvalue weighted by Crippen LogP contribution is 2.27. The van der Waals surface area contributed by atoms with Crippen molar-refractivity contribution in [2.75, 3.05) is 45.2 Å². The zero-order chi connectivity index (χ0) is 20.9. The van der Waals surface area contributed by atoms with E-state index in [4.69, 9.17) is 4.74 Å². The van der Waals surface area contributed by atoms with Gasteiger partial charge in [-0.15, -0.1) is 11.3 Å². The lowest BCUT2D eigenvalue weighted by atomic mass is 10.1. The fourth-order valence-electron chi connectivity index (χ4n) is 4.18. The highest BCUT2D eigenvalue weighted by molar-refractivity contribution is 7.15. The van der Waals surface area contributed by atoms with Gasteiger partial charge in [-0.1, -0.05) is 12.1 Å². The Morgan fingerprint density at radius 2 is 1.87 bits per heavy atom. The molecule has 2 aliphatic rings. The van der Waals surface area contributed by atoms with Crippen LogP contribution in [0.15, 0.2) is 30.5 Å². The van der Waals surface area contributed by atoms with Gasteiger partial charge in [0.2, 0.25) is 0 Å². The molecule has 30 heavy (non-hydrogen) atoms. The number of carbonyl (C=O) groups excluding carboxylic acids is 1. The van der Waals surface area contributed by atoms with Crippen molar-refractivity contribution in [3.05, 3.63) is 40.9 Å². The number of rotatable bonds is 6. The van der Waals surface area contributed by atoms with E-state index in [1.807, 2.05) is 49.5 Å². The predicted octanol–water partition coefficient (Wildman–Crippen LogP) is 3.88. The summed E-state index contributed by atoms with van der Waals surface area (Å²) in [6, 6.07) is 7.75. The predicted molar refractivity (Wildman–Crippen MR) is 122 cm³/mol. The molecule has 3 heterocycles. The standard InChI is InChI=1S/C23H32N4O2S/c1-25(2)23-24-16-19(30-23)17-26-14-10-18(11-15-26)29-21-9-5-4-8-20(21)22(28)27-12-6-3-7-13-27/h4-5,8-9,16,18H,3,6-7,10-15,17H2,1-2H3. The van der Waals surface area contributed by atoms with E-state index in [1.54, 1.807) is 11.3 Å². The maximum atomic E-state index is 13.0. The van der Waals surface area contributed by atoms with Gasteiger partial charge in [0.25, 0.3) is 5.91 Å². The summed E-state index contributed by atoms with van der Waals surface area (Å²) in [5, 5.41) is 1.05. The number of anilines is 1. The largest absolute Gasteiger partial charge is 0.489 e. The number of nitrogens with zero attached hydrogens (tertiary/aromatic N) is 4. The van der Waals surface area contributed by atoms with Crippen molar-refractivity contribution < 1.29 is 9.53 Å². The van der Waals surface area contributed by atoms with E-state index in [9.17, 15) is 4.79 Å². The first kappa shape index (κ1) is 21.1. The molecule has 2 aromatic rings. The normalized spacial score (nSPS) is 18.4. The molecule has 1 amide bonds. The maximum Gasteiger partial charge on any atom is 0.257 e. The molecule has 0 radical (unpaired) electrons. The van der Waals surface area contributed by atoms with E-state index in [-0.39, 0.29) is 12.0 Å². The van der Waals surface area contributed by atoms with Crippen molar-refractivity contribution in [3.63, 3.8) is 0 Å². The number of carbonyl (C=O) groups is 1. The van der Waals surface area contributed by atoms with Crippen molar-refractivity contribution in [2.24, 2.45) is 0 Å². The third-order valence-corrected chi connectivity index (χ3v) is 7.04. The lowest BCUT2D eigenvalue weighted by Gasteiger charge is -2.32. The molecule has 162 valence electrons. The van der Waals surface area contributed by atoms with Crippen LogP contribution in [0.25, 0.3) is 0 Å². The molecule has 2 aliphatic heterocycles. The van der Waals surface area contributed by atoms with Crippen molar-refractivity contribution in [1.82, 2.24) is 14.8 Å². The van der Waals surface area contributed by atoms with Gasteiger partial charge in [-0.2, -0.15) is 0 Å². The molecule has 0 aliphatic carbocycles. The fourth-order valence-corrected chi connectivity index (χ4v) is 5.05. The summed E-state index contributed by atoms with van der Waals surface area (Å²) in [6.07, 6.45) is 7.53. The number of amides is 1. The average Bonchev–Trinajstić information content (AvgIpc) is 3.25. The topological polar surface area (TPSA) is 48.9 Å². The van der Waals surface area contributed by atoms with Gasteiger partial charge in [0, 0.05) is 57.9 Å². The summed E-state index contributed by atoms with van der Waals surface area (Å²) in [4.78, 5) is 25.3. The molecular formula is C23H32N4O2S. The van der Waals surface area contributed by atoms with Crippen LogP contribution in [0, 0.1) is 0 Å². The molecule has 0 unspecified atom stereocenters. The first-order valence-electron chi connectivity index (χ1n) is 11.0. The molecule has 6 nitrogen and oxygen atoms in total. The van der Waals surface area contributed by atoms with E-state index < -0.39 is 0 Å². The Hall–Kier alpha value is -2.12. The van der Waals surface area contributed by atoms with Crippen LogP contribution in [-0.2, 0) is 6.54 Å². The number of aromatic nitrogens is 1. The van der Waals surface area contributed by atoms with Crippen LogP contribution in [-0.4, -0.2) is 67.1 Å². The highest BCUT2D eigenvalue weighted by atomic mass is 32.1. The van der Waals surface area contributed by atoms with E-state index in [0.717, 1.165) is 69.3 Å². The molecular weight excluding hydrogens is 396 g/mol. The second-order valence-corrected chi connectivity index (χ2v) is 9.54. The summed E-state index contributed by atoms with van der Waals surface area (Å²) in [6.45, 7) is 4.67. The molecule has 0 N–H and O–H groups in total. The summed E-state index contributed by atoms with van der Waals surface area (Å²) in [5.74, 6) is 0.856. The lowest BCUT2D eigenvalue weighted by molar-refractivity contribution is 0.0702. The zero-order valence-corrected chi connectivity index (χ0v) is 18.9. The van der Waals surface area contributed by atoms with Crippen molar-refractivity contribution in [3.8, 4) is 5.75 Å². The number of ether oxygens (including phenoxy) is 1. The summed E-state index contributed by atoms with van der Waals surface area (Å²) >= 11 is 1.76. The van der Waals surface area contributed by atoms with Gasteiger partial charge >= 0.3 is 0 Å². The zero-order valence-electron chi connectivity index (χ0n) is 18.0. The van der Waals surface area contributed by atoms with Crippen molar-refractivity contribution in [2.45, 2.75) is 44.8 Å². The van der Waals surface area contributed by atoms with Crippen LogP contribution in [0.2, 0.25) is 0 Å². The van der Waals surface area contributed by atoms with Gasteiger partial charge in [-0.25, -0.2) is 4.98 Å². The molecule has 4 rings (SSSR count). The number of hydrogen-bond acceptors (Lipinski definition) is 6. The van der Waals surface area contributed by atoms with Crippen LogP contribution < -0.4 is 9.64 Å². The molecule has 7 heteroatoms. The molecule has 0 saturated carbocycles. The summed E-state index contributed by atoms with van der Waals surface area (Å²) in [5.41, 5.74) is 0.711. The molecule has 0 atom stereocenters. The van der Waals surface area contributed by atoms with Crippen LogP contribution >= 0.6 is 11.3 Å². The Morgan fingerprint density at radius 3 is 2.57 bits per heavy atom. The van der Waals surface area contributed by atoms with E-state index in [1.165, 1.54) is 11.3 Å². The van der Waals surface area contributed by atoms with Crippen LogP contribution in [0.1, 0.15) is 47.3 Å². The Balaban J connectivity index is 1.32. The number of benzene rings is 1. The second kappa shape index (κ2) is 9.79. The quantitative estimate of drug-likeness (QED) is 0.699. The van der Waals surface area contributed by atoms with Gasteiger partial charge in [-0.3, -0.25) is 9.69 Å². The lowest BCUT2D eigenvalue weighted by Crippen LogP contribution is -2.38. The first-order valence-corrected chi connectivity index (χ1v) is 11.8. The molecule has 1 aromatic heterocycles. The SMILES string of the molecule is CN(C)c1ncc(CN2CCC(Oc3ccccc3C(=O)N3CCCCC3)CC2)s1. The van der Waals surface area contributed by atoms with Crippen molar-refractivity contribution >= 4 is 22.4 Å². The minimum Gasteiger partial charge on any atom is -0.489 e. The number of likely N-dealkylation sites (tertiary alicyclic amines) is 2.